The Bertz CT molecular complexity index is 823. The molecule has 0 aliphatic heterocycles. The van der Waals surface area contributed by atoms with Crippen molar-refractivity contribution in [2.24, 2.45) is 0 Å². The Balaban J connectivity index is 2.22. The van der Waals surface area contributed by atoms with E-state index in [0.717, 1.165) is 10.5 Å². The molecule has 2 rings (SSSR count). The highest BCUT2D eigenvalue weighted by Gasteiger charge is 2.26. The summed E-state index contributed by atoms with van der Waals surface area (Å²) >= 11 is 3.31. The van der Waals surface area contributed by atoms with Crippen LogP contribution in [0.1, 0.15) is 11.7 Å². The van der Waals surface area contributed by atoms with Crippen LogP contribution in [0.25, 0.3) is 0 Å². The lowest BCUT2D eigenvalue weighted by molar-refractivity contribution is -0.124. The molecule has 2 amide bonds. The van der Waals surface area contributed by atoms with Crippen LogP contribution >= 0.6 is 15.9 Å². The van der Waals surface area contributed by atoms with Crippen molar-refractivity contribution in [3.8, 4) is 5.75 Å². The number of hydroxylamine groups is 1. The summed E-state index contributed by atoms with van der Waals surface area (Å²) in [5.41, 5.74) is 2.53. The van der Waals surface area contributed by atoms with Crippen molar-refractivity contribution in [3.63, 3.8) is 0 Å². The number of rotatable bonds is 7. The third-order valence-corrected chi connectivity index (χ3v) is 4.19. The largest absolute Gasteiger partial charge is 0.508 e. The highest BCUT2D eigenvalue weighted by atomic mass is 79.9. The van der Waals surface area contributed by atoms with Crippen LogP contribution in [-0.2, 0) is 14.3 Å². The predicted molar refractivity (Wildman–Crippen MR) is 105 cm³/mol. The van der Waals surface area contributed by atoms with E-state index in [1.54, 1.807) is 36.4 Å². The molecular weight excluding hydrogens is 432 g/mol. The molecule has 0 unspecified atom stereocenters. The van der Waals surface area contributed by atoms with Gasteiger partial charge in [0.25, 0.3) is 5.91 Å². The van der Waals surface area contributed by atoms with E-state index in [2.05, 4.69) is 21.2 Å². The number of carbonyl (C=O) groups is 2. The van der Waals surface area contributed by atoms with Gasteiger partial charge in [-0.05, 0) is 48.0 Å². The molecule has 9 heteroatoms. The first-order chi connectivity index (χ1) is 13.4. The number of hydrogen-bond donors (Lipinski definition) is 4. The molecule has 2 aromatic rings. The van der Waals surface area contributed by atoms with Gasteiger partial charge in [-0.1, -0.05) is 28.1 Å². The molecule has 0 fully saturated rings. The fourth-order valence-corrected chi connectivity index (χ4v) is 2.57. The Labute approximate surface area is 169 Å². The first kappa shape index (κ1) is 21.4. The number of hydrogen-bond acceptors (Lipinski definition) is 6. The van der Waals surface area contributed by atoms with E-state index >= 15 is 0 Å². The van der Waals surface area contributed by atoms with Gasteiger partial charge >= 0.3 is 6.09 Å². The summed E-state index contributed by atoms with van der Waals surface area (Å²) in [6.45, 7) is 0. The fourth-order valence-electron chi connectivity index (χ4n) is 2.31. The molecule has 2 atom stereocenters. The van der Waals surface area contributed by atoms with Gasteiger partial charge in [0.15, 0.2) is 6.10 Å². The normalized spacial score (nSPS) is 13.0. The average molecular weight is 451 g/mol. The van der Waals surface area contributed by atoms with Crippen LogP contribution in [0.5, 0.6) is 5.75 Å². The van der Waals surface area contributed by atoms with Crippen molar-refractivity contribution in [2.75, 3.05) is 12.4 Å². The summed E-state index contributed by atoms with van der Waals surface area (Å²) in [6.07, 6.45) is -0.100. The maximum atomic E-state index is 12.4. The number of carbonyl (C=O) groups excluding carboxylic acids is 2. The van der Waals surface area contributed by atoms with E-state index in [-0.39, 0.29) is 5.75 Å². The van der Waals surface area contributed by atoms with Gasteiger partial charge in [-0.3, -0.25) is 15.3 Å². The van der Waals surface area contributed by atoms with Crippen LogP contribution in [-0.4, -0.2) is 35.5 Å². The Morgan fingerprint density at radius 3 is 2.32 bits per heavy atom. The Morgan fingerprint density at radius 1 is 1.11 bits per heavy atom. The number of anilines is 1. The van der Waals surface area contributed by atoms with Crippen molar-refractivity contribution >= 4 is 33.6 Å². The van der Waals surface area contributed by atoms with E-state index in [9.17, 15) is 14.7 Å². The summed E-state index contributed by atoms with van der Waals surface area (Å²) in [6, 6.07) is 12.9. The molecule has 0 bridgehead atoms. The molecule has 28 heavy (non-hydrogen) atoms. The maximum Gasteiger partial charge on any atom is 0.412 e. The number of methoxy groups -OCH3 is 1. The molecule has 0 radical (unpaired) electrons. The lowest BCUT2D eigenvalue weighted by atomic mass is 10.0. The zero-order valence-corrected chi connectivity index (χ0v) is 16.4. The molecule has 0 spiro atoms. The lowest BCUT2D eigenvalue weighted by Crippen LogP contribution is -2.27. The zero-order valence-electron chi connectivity index (χ0n) is 14.8. The first-order valence-corrected chi connectivity index (χ1v) is 8.89. The summed E-state index contributed by atoms with van der Waals surface area (Å²) in [4.78, 5) is 23.6. The summed E-state index contributed by atoms with van der Waals surface area (Å²) < 4.78 is 11.7. The van der Waals surface area contributed by atoms with Gasteiger partial charge in [-0.25, -0.2) is 10.3 Å². The predicted octanol–water partition coefficient (Wildman–Crippen LogP) is 3.52. The van der Waals surface area contributed by atoms with Crippen LogP contribution in [0.15, 0.2) is 65.2 Å². The second kappa shape index (κ2) is 10.5. The van der Waals surface area contributed by atoms with Crippen molar-refractivity contribution < 1.29 is 29.4 Å². The number of nitrogens with one attached hydrogen (secondary N) is 2. The number of phenolic OH excluding ortho intramolecular Hbond substituents is 1. The maximum absolute atomic E-state index is 12.4. The molecule has 148 valence electrons. The van der Waals surface area contributed by atoms with Crippen LogP contribution in [0.4, 0.5) is 10.5 Å². The second-order valence-corrected chi connectivity index (χ2v) is 6.50. The average Bonchev–Trinajstić information content (AvgIpc) is 2.69. The van der Waals surface area contributed by atoms with Crippen molar-refractivity contribution in [3.05, 3.63) is 70.7 Å². The highest BCUT2D eigenvalue weighted by Crippen LogP contribution is 2.27. The van der Waals surface area contributed by atoms with Crippen molar-refractivity contribution in [1.29, 1.82) is 0 Å². The quantitative estimate of drug-likeness (QED) is 0.291. The van der Waals surface area contributed by atoms with E-state index in [1.165, 1.54) is 30.8 Å². The standard InChI is InChI=1S/C19H19BrN2O6/c1-27-16(10-11-17(24)22-26)18(12-2-8-15(23)9-3-12)28-19(25)21-14-6-4-13(20)5-7-14/h2-11,16,18,23,26H,1H3,(H,21,25)(H,22,24)/b11-10+/t16-,18-/m0/s1. The monoisotopic (exact) mass is 450 g/mol. The topological polar surface area (TPSA) is 117 Å². The molecule has 0 saturated heterocycles. The molecule has 4 N–H and O–H groups in total. The van der Waals surface area contributed by atoms with Crippen LogP contribution in [0, 0.1) is 0 Å². The molecule has 0 saturated carbocycles. The minimum atomic E-state index is -0.927. The third-order valence-electron chi connectivity index (χ3n) is 3.66. The molecule has 2 aromatic carbocycles. The van der Waals surface area contributed by atoms with Crippen LogP contribution in [0.2, 0.25) is 0 Å². The summed E-state index contributed by atoms with van der Waals surface area (Å²) in [7, 11) is 1.38. The minimum Gasteiger partial charge on any atom is -0.508 e. The number of phenols is 1. The summed E-state index contributed by atoms with van der Waals surface area (Å²) in [5, 5.41) is 20.7. The van der Waals surface area contributed by atoms with Gasteiger partial charge in [0.2, 0.25) is 0 Å². The van der Waals surface area contributed by atoms with Gasteiger partial charge < -0.3 is 14.6 Å². The second-order valence-electron chi connectivity index (χ2n) is 5.58. The highest BCUT2D eigenvalue weighted by molar-refractivity contribution is 9.10. The van der Waals surface area contributed by atoms with E-state index in [1.807, 2.05) is 0 Å². The zero-order chi connectivity index (χ0) is 20.5. The molecule has 0 heterocycles. The van der Waals surface area contributed by atoms with Crippen LogP contribution in [0.3, 0.4) is 0 Å². The number of amides is 2. The first-order valence-electron chi connectivity index (χ1n) is 8.10. The molecule has 0 aromatic heterocycles. The van der Waals surface area contributed by atoms with Gasteiger partial charge in [0.05, 0.1) is 0 Å². The van der Waals surface area contributed by atoms with E-state index in [0.29, 0.717) is 11.3 Å². The Hall–Kier alpha value is -2.88. The Kier molecular flexibility index (Phi) is 8.00. The van der Waals surface area contributed by atoms with E-state index in [4.69, 9.17) is 14.7 Å². The SMILES string of the molecule is CO[C@@H](/C=C/C(=O)NO)[C@@H](OC(=O)Nc1ccc(Br)cc1)c1ccc(O)cc1. The van der Waals surface area contributed by atoms with Crippen molar-refractivity contribution in [1.82, 2.24) is 5.48 Å². The molecular formula is C19H19BrN2O6. The minimum absolute atomic E-state index is 0.0472. The summed E-state index contributed by atoms with van der Waals surface area (Å²) in [5.74, 6) is -0.711. The molecule has 0 aliphatic rings. The van der Waals surface area contributed by atoms with Gasteiger partial charge in [0, 0.05) is 23.3 Å². The molecule has 0 aliphatic carbocycles. The Morgan fingerprint density at radius 2 is 1.75 bits per heavy atom. The van der Waals surface area contributed by atoms with Gasteiger partial charge in [-0.2, -0.15) is 0 Å². The third kappa shape index (κ3) is 6.38. The van der Waals surface area contributed by atoms with Crippen LogP contribution < -0.4 is 10.8 Å². The van der Waals surface area contributed by atoms with Crippen molar-refractivity contribution in [2.45, 2.75) is 12.2 Å². The smallest absolute Gasteiger partial charge is 0.412 e. The fraction of sp³-hybridized carbons (Fsp3) is 0.158. The lowest BCUT2D eigenvalue weighted by Gasteiger charge is -2.24. The number of halogens is 1. The van der Waals surface area contributed by atoms with Gasteiger partial charge in [0.1, 0.15) is 11.9 Å². The number of ether oxygens (including phenoxy) is 2. The van der Waals surface area contributed by atoms with Gasteiger partial charge in [-0.15, -0.1) is 0 Å². The number of aromatic hydroxyl groups is 1. The number of benzene rings is 2. The molecule has 8 nitrogen and oxygen atoms in total. The van der Waals surface area contributed by atoms with E-state index < -0.39 is 24.2 Å².